The summed E-state index contributed by atoms with van der Waals surface area (Å²) in [4.78, 5) is 11.8. The van der Waals surface area contributed by atoms with Gasteiger partial charge >= 0.3 is 0 Å². The molecule has 0 saturated carbocycles. The molecule has 100 valence electrons. The first-order valence-electron chi connectivity index (χ1n) is 6.61. The van der Waals surface area contributed by atoms with E-state index < -0.39 is 0 Å². The van der Waals surface area contributed by atoms with Gasteiger partial charge in [0, 0.05) is 23.2 Å². The molecule has 0 amide bonds. The molecule has 0 aliphatic heterocycles. The Hall–Kier alpha value is -2.62. The van der Waals surface area contributed by atoms with Crippen LogP contribution in [0.3, 0.4) is 0 Å². The molecule has 3 aromatic rings. The smallest absolute Gasteiger partial charge is 0.272 e. The summed E-state index contributed by atoms with van der Waals surface area (Å²) in [5.41, 5.74) is 2.66. The predicted octanol–water partition coefficient (Wildman–Crippen LogP) is 3.02. The van der Waals surface area contributed by atoms with Gasteiger partial charge in [-0.3, -0.25) is 4.79 Å². The van der Waals surface area contributed by atoms with E-state index in [1.807, 2.05) is 48.5 Å². The first kappa shape index (κ1) is 12.4. The van der Waals surface area contributed by atoms with Gasteiger partial charge in [0.25, 0.3) is 5.56 Å². The fourth-order valence-corrected chi connectivity index (χ4v) is 2.32. The molecule has 20 heavy (non-hydrogen) atoms. The summed E-state index contributed by atoms with van der Waals surface area (Å²) in [7, 11) is 0. The van der Waals surface area contributed by atoms with Gasteiger partial charge in [0.2, 0.25) is 0 Å². The van der Waals surface area contributed by atoms with Crippen LogP contribution in [0, 0.1) is 0 Å². The SMILES string of the molecule is CCNc1cccc(-c2n[nH]c(=O)c3ccccc23)c1. The second-order valence-electron chi connectivity index (χ2n) is 4.56. The van der Waals surface area contributed by atoms with Crippen LogP contribution in [0.1, 0.15) is 6.92 Å². The molecule has 0 bridgehead atoms. The van der Waals surface area contributed by atoms with Crippen molar-refractivity contribution in [1.29, 1.82) is 0 Å². The third-order valence-electron chi connectivity index (χ3n) is 3.21. The van der Waals surface area contributed by atoms with Gasteiger partial charge in [-0.2, -0.15) is 5.10 Å². The number of rotatable bonds is 3. The van der Waals surface area contributed by atoms with Crippen LogP contribution in [0.2, 0.25) is 0 Å². The van der Waals surface area contributed by atoms with E-state index in [2.05, 4.69) is 22.4 Å². The maximum absolute atomic E-state index is 11.8. The van der Waals surface area contributed by atoms with Gasteiger partial charge in [0.05, 0.1) is 11.1 Å². The number of nitrogens with one attached hydrogen (secondary N) is 2. The van der Waals surface area contributed by atoms with Crippen molar-refractivity contribution in [2.45, 2.75) is 6.92 Å². The lowest BCUT2D eigenvalue weighted by Crippen LogP contribution is -2.09. The van der Waals surface area contributed by atoms with E-state index in [1.54, 1.807) is 0 Å². The van der Waals surface area contributed by atoms with Crippen molar-refractivity contribution >= 4 is 16.5 Å². The van der Waals surface area contributed by atoms with Crippen LogP contribution in [-0.4, -0.2) is 16.7 Å². The number of hydrogen-bond donors (Lipinski definition) is 2. The number of H-pyrrole nitrogens is 1. The zero-order valence-electron chi connectivity index (χ0n) is 11.2. The molecule has 3 rings (SSSR count). The van der Waals surface area contributed by atoms with E-state index >= 15 is 0 Å². The van der Waals surface area contributed by atoms with Crippen LogP contribution in [0.15, 0.2) is 53.3 Å². The third-order valence-corrected chi connectivity index (χ3v) is 3.21. The largest absolute Gasteiger partial charge is 0.385 e. The topological polar surface area (TPSA) is 57.8 Å². The molecule has 1 aromatic heterocycles. The average molecular weight is 265 g/mol. The highest BCUT2D eigenvalue weighted by molar-refractivity contribution is 5.94. The molecule has 0 atom stereocenters. The molecule has 2 N–H and O–H groups in total. The zero-order chi connectivity index (χ0) is 13.9. The minimum absolute atomic E-state index is 0.160. The number of nitrogens with zero attached hydrogens (tertiary/aromatic N) is 1. The minimum atomic E-state index is -0.160. The summed E-state index contributed by atoms with van der Waals surface area (Å²) in [6, 6.07) is 15.5. The Morgan fingerprint density at radius 3 is 2.70 bits per heavy atom. The minimum Gasteiger partial charge on any atom is -0.385 e. The third kappa shape index (κ3) is 2.16. The molecule has 2 aromatic carbocycles. The number of aromatic amines is 1. The van der Waals surface area contributed by atoms with Crippen LogP contribution in [0.4, 0.5) is 5.69 Å². The van der Waals surface area contributed by atoms with Gasteiger partial charge in [-0.1, -0.05) is 30.3 Å². The number of benzene rings is 2. The van der Waals surface area contributed by atoms with Gasteiger partial charge < -0.3 is 5.32 Å². The van der Waals surface area contributed by atoms with E-state index in [0.29, 0.717) is 5.39 Å². The summed E-state index contributed by atoms with van der Waals surface area (Å²) in [5.74, 6) is 0. The second kappa shape index (κ2) is 5.17. The van der Waals surface area contributed by atoms with E-state index in [1.165, 1.54) is 0 Å². The Morgan fingerprint density at radius 1 is 1.10 bits per heavy atom. The van der Waals surface area contributed by atoms with Crippen LogP contribution in [-0.2, 0) is 0 Å². The highest BCUT2D eigenvalue weighted by Crippen LogP contribution is 2.26. The Balaban J connectivity index is 2.22. The monoisotopic (exact) mass is 265 g/mol. The van der Waals surface area contributed by atoms with E-state index in [4.69, 9.17) is 0 Å². The molecule has 0 aliphatic carbocycles. The van der Waals surface area contributed by atoms with Crippen molar-refractivity contribution in [3.63, 3.8) is 0 Å². The quantitative estimate of drug-likeness (QED) is 0.765. The molecule has 0 unspecified atom stereocenters. The molecule has 0 saturated heterocycles. The lowest BCUT2D eigenvalue weighted by Gasteiger charge is -2.08. The van der Waals surface area contributed by atoms with Crippen molar-refractivity contribution in [2.75, 3.05) is 11.9 Å². The highest BCUT2D eigenvalue weighted by atomic mass is 16.1. The summed E-state index contributed by atoms with van der Waals surface area (Å²) in [6.45, 7) is 2.92. The average Bonchev–Trinajstić information content (AvgIpc) is 2.49. The summed E-state index contributed by atoms with van der Waals surface area (Å²) in [5, 5.41) is 11.6. The first-order chi connectivity index (χ1) is 9.79. The molecule has 0 radical (unpaired) electrons. The molecule has 4 nitrogen and oxygen atoms in total. The number of hydrogen-bond acceptors (Lipinski definition) is 3. The van der Waals surface area contributed by atoms with Crippen LogP contribution >= 0.6 is 0 Å². The van der Waals surface area contributed by atoms with Crippen LogP contribution < -0.4 is 10.9 Å². The highest BCUT2D eigenvalue weighted by Gasteiger charge is 2.08. The summed E-state index contributed by atoms with van der Waals surface area (Å²) < 4.78 is 0. The predicted molar refractivity (Wildman–Crippen MR) is 82.0 cm³/mol. The van der Waals surface area contributed by atoms with E-state index in [9.17, 15) is 4.79 Å². The molecule has 4 heteroatoms. The summed E-state index contributed by atoms with van der Waals surface area (Å²) >= 11 is 0. The fourth-order valence-electron chi connectivity index (χ4n) is 2.32. The first-order valence-corrected chi connectivity index (χ1v) is 6.61. The molecule has 0 aliphatic rings. The van der Waals surface area contributed by atoms with Gasteiger partial charge in [0.15, 0.2) is 0 Å². The van der Waals surface area contributed by atoms with Gasteiger partial charge in [-0.25, -0.2) is 5.10 Å². The Labute approximate surface area is 116 Å². The molecular weight excluding hydrogens is 250 g/mol. The number of anilines is 1. The van der Waals surface area contributed by atoms with Crippen molar-refractivity contribution < 1.29 is 0 Å². The molecule has 1 heterocycles. The lowest BCUT2D eigenvalue weighted by atomic mass is 10.0. The molecule has 0 spiro atoms. The fraction of sp³-hybridized carbons (Fsp3) is 0.125. The maximum Gasteiger partial charge on any atom is 0.272 e. The van der Waals surface area contributed by atoms with Crippen LogP contribution in [0.25, 0.3) is 22.0 Å². The van der Waals surface area contributed by atoms with E-state index in [-0.39, 0.29) is 5.56 Å². The number of fused-ring (bicyclic) bond motifs is 1. The Bertz CT molecular complexity index is 808. The molecule has 0 fully saturated rings. The van der Waals surface area contributed by atoms with Gasteiger partial charge in [-0.15, -0.1) is 0 Å². The standard InChI is InChI=1S/C16H15N3O/c1-2-17-12-7-5-6-11(10-12)15-13-8-3-4-9-14(13)16(20)19-18-15/h3-10,17H,2H2,1H3,(H,19,20). The van der Waals surface area contributed by atoms with E-state index in [0.717, 1.165) is 28.9 Å². The zero-order valence-corrected chi connectivity index (χ0v) is 11.2. The normalized spacial score (nSPS) is 10.7. The van der Waals surface area contributed by atoms with Gasteiger partial charge in [0.1, 0.15) is 0 Å². The second-order valence-corrected chi connectivity index (χ2v) is 4.56. The lowest BCUT2D eigenvalue weighted by molar-refractivity contribution is 1.02. The van der Waals surface area contributed by atoms with Crippen molar-refractivity contribution in [1.82, 2.24) is 10.2 Å². The summed E-state index contributed by atoms with van der Waals surface area (Å²) in [6.07, 6.45) is 0. The number of aromatic nitrogens is 2. The van der Waals surface area contributed by atoms with Crippen molar-refractivity contribution in [2.24, 2.45) is 0 Å². The Morgan fingerprint density at radius 2 is 1.90 bits per heavy atom. The maximum atomic E-state index is 11.8. The Kier molecular flexibility index (Phi) is 3.21. The van der Waals surface area contributed by atoms with Crippen molar-refractivity contribution in [3.8, 4) is 11.3 Å². The van der Waals surface area contributed by atoms with Crippen LogP contribution in [0.5, 0.6) is 0 Å². The van der Waals surface area contributed by atoms with Crippen molar-refractivity contribution in [3.05, 3.63) is 58.9 Å². The molecular formula is C16H15N3O. The van der Waals surface area contributed by atoms with Gasteiger partial charge in [-0.05, 0) is 25.1 Å².